The van der Waals surface area contributed by atoms with Crippen LogP contribution >= 0.6 is 23.5 Å². The largest absolute Gasteiger partial charge is 0.497 e. The van der Waals surface area contributed by atoms with E-state index in [0.717, 1.165) is 15.9 Å². The van der Waals surface area contributed by atoms with E-state index in [0.29, 0.717) is 33.7 Å². The number of methoxy groups -OCH3 is 1. The highest BCUT2D eigenvalue weighted by molar-refractivity contribution is 8.00. The van der Waals surface area contributed by atoms with Gasteiger partial charge in [-0.1, -0.05) is 29.8 Å². The molecule has 0 aliphatic rings. The molecule has 0 aliphatic carbocycles. The predicted molar refractivity (Wildman–Crippen MR) is 125 cm³/mol. The third-order valence-electron chi connectivity index (χ3n) is 4.38. The molecule has 0 spiro atoms. The number of carbonyl (C=O) groups is 1. The molecule has 156 valence electrons. The van der Waals surface area contributed by atoms with E-state index >= 15 is 0 Å². The highest BCUT2D eigenvalue weighted by atomic mass is 35.5. The fourth-order valence-electron chi connectivity index (χ4n) is 2.83. The molecule has 0 saturated carbocycles. The number of primary amides is 1. The van der Waals surface area contributed by atoms with Crippen LogP contribution in [0.1, 0.15) is 10.4 Å². The summed E-state index contributed by atoms with van der Waals surface area (Å²) in [6, 6.07) is 19.9. The standard InChI is InChI=1S/C22H18ClN5O2S/c1-30-14-9-10-16(23)19(12-14)27-21-22(26-18-8-3-2-7-17(18)25-21)28-31-15-6-4-5-13(11-15)20(24)29/h2-12H,1H3,(H2,24,29)(H,25,27)(H,26,28). The lowest BCUT2D eigenvalue weighted by Crippen LogP contribution is -2.10. The van der Waals surface area contributed by atoms with Crippen LogP contribution in [-0.4, -0.2) is 23.0 Å². The lowest BCUT2D eigenvalue weighted by Gasteiger charge is -2.14. The number of benzene rings is 3. The maximum Gasteiger partial charge on any atom is 0.248 e. The molecule has 1 heterocycles. The Balaban J connectivity index is 1.68. The Labute approximate surface area is 188 Å². The van der Waals surface area contributed by atoms with Crippen LogP contribution in [0.5, 0.6) is 5.75 Å². The molecule has 4 aromatic rings. The Bertz CT molecular complexity index is 1270. The van der Waals surface area contributed by atoms with Crippen molar-refractivity contribution in [3.05, 3.63) is 77.3 Å². The van der Waals surface area contributed by atoms with E-state index in [4.69, 9.17) is 32.0 Å². The summed E-state index contributed by atoms with van der Waals surface area (Å²) in [5.41, 5.74) is 7.91. The number of carbonyl (C=O) groups excluding carboxylic acids is 1. The van der Waals surface area contributed by atoms with Gasteiger partial charge in [-0.05, 0) is 54.4 Å². The number of fused-ring (bicyclic) bond motifs is 1. The van der Waals surface area contributed by atoms with E-state index in [1.165, 1.54) is 11.9 Å². The molecule has 1 amide bonds. The molecule has 0 unspecified atom stereocenters. The number of hydrogen-bond acceptors (Lipinski definition) is 7. The summed E-state index contributed by atoms with van der Waals surface area (Å²) >= 11 is 7.65. The number of nitrogens with zero attached hydrogens (tertiary/aromatic N) is 2. The van der Waals surface area contributed by atoms with Gasteiger partial charge in [-0.25, -0.2) is 9.97 Å². The van der Waals surface area contributed by atoms with Gasteiger partial charge < -0.3 is 20.5 Å². The smallest absolute Gasteiger partial charge is 0.248 e. The number of ether oxygens (including phenoxy) is 1. The number of aromatic nitrogens is 2. The summed E-state index contributed by atoms with van der Waals surface area (Å²) in [5.74, 6) is 1.18. The van der Waals surface area contributed by atoms with Gasteiger partial charge in [0, 0.05) is 16.5 Å². The first-order valence-electron chi connectivity index (χ1n) is 9.23. The summed E-state index contributed by atoms with van der Waals surface area (Å²) in [6.07, 6.45) is 0. The monoisotopic (exact) mass is 451 g/mol. The summed E-state index contributed by atoms with van der Waals surface area (Å²) in [4.78, 5) is 21.7. The van der Waals surface area contributed by atoms with E-state index in [2.05, 4.69) is 10.0 Å². The normalized spacial score (nSPS) is 10.6. The molecule has 4 rings (SSSR count). The van der Waals surface area contributed by atoms with Gasteiger partial charge in [0.25, 0.3) is 0 Å². The van der Waals surface area contributed by atoms with Crippen LogP contribution < -0.4 is 20.5 Å². The van der Waals surface area contributed by atoms with E-state index in [1.54, 1.807) is 43.5 Å². The maximum absolute atomic E-state index is 11.5. The van der Waals surface area contributed by atoms with Crippen molar-refractivity contribution < 1.29 is 9.53 Å². The van der Waals surface area contributed by atoms with Crippen molar-refractivity contribution in [3.63, 3.8) is 0 Å². The van der Waals surface area contributed by atoms with E-state index in [9.17, 15) is 4.79 Å². The van der Waals surface area contributed by atoms with Crippen molar-refractivity contribution in [1.82, 2.24) is 9.97 Å². The van der Waals surface area contributed by atoms with E-state index < -0.39 is 5.91 Å². The number of anilines is 3. The first-order chi connectivity index (χ1) is 15.0. The molecule has 0 bridgehead atoms. The van der Waals surface area contributed by atoms with Gasteiger partial charge in [0.1, 0.15) is 5.75 Å². The van der Waals surface area contributed by atoms with Crippen LogP contribution in [0.15, 0.2) is 71.6 Å². The molecular formula is C22H18ClN5O2S. The molecule has 7 nitrogen and oxygen atoms in total. The third kappa shape index (κ3) is 4.82. The Morgan fingerprint density at radius 1 is 1.00 bits per heavy atom. The summed E-state index contributed by atoms with van der Waals surface area (Å²) in [5, 5.41) is 3.76. The first-order valence-corrected chi connectivity index (χ1v) is 10.4. The minimum atomic E-state index is -0.483. The zero-order chi connectivity index (χ0) is 21.8. The fraction of sp³-hybridized carbons (Fsp3) is 0.0455. The molecule has 9 heteroatoms. The number of para-hydroxylation sites is 2. The molecular weight excluding hydrogens is 434 g/mol. The highest BCUT2D eigenvalue weighted by Crippen LogP contribution is 2.33. The van der Waals surface area contributed by atoms with Gasteiger partial charge in [-0.15, -0.1) is 0 Å². The molecule has 0 saturated heterocycles. The number of amides is 1. The van der Waals surface area contributed by atoms with Gasteiger partial charge in [0.2, 0.25) is 5.91 Å². The molecule has 0 fully saturated rings. The van der Waals surface area contributed by atoms with E-state index in [1.807, 2.05) is 30.3 Å². The third-order valence-corrected chi connectivity index (χ3v) is 5.50. The van der Waals surface area contributed by atoms with Crippen LogP contribution in [0.3, 0.4) is 0 Å². The van der Waals surface area contributed by atoms with Crippen molar-refractivity contribution >= 4 is 57.8 Å². The molecule has 31 heavy (non-hydrogen) atoms. The van der Waals surface area contributed by atoms with Crippen LogP contribution in [0.25, 0.3) is 11.0 Å². The topological polar surface area (TPSA) is 102 Å². The zero-order valence-corrected chi connectivity index (χ0v) is 18.0. The van der Waals surface area contributed by atoms with Crippen molar-refractivity contribution in [1.29, 1.82) is 0 Å². The number of rotatable bonds is 7. The van der Waals surface area contributed by atoms with Crippen molar-refractivity contribution in [3.8, 4) is 5.75 Å². The predicted octanol–water partition coefficient (Wildman–Crippen LogP) is 5.25. The van der Waals surface area contributed by atoms with Gasteiger partial charge >= 0.3 is 0 Å². The number of hydrogen-bond donors (Lipinski definition) is 3. The number of halogens is 1. The Morgan fingerprint density at radius 3 is 2.45 bits per heavy atom. The lowest BCUT2D eigenvalue weighted by atomic mass is 10.2. The second-order valence-corrected chi connectivity index (χ2v) is 7.76. The van der Waals surface area contributed by atoms with Crippen molar-refractivity contribution in [2.45, 2.75) is 4.90 Å². The van der Waals surface area contributed by atoms with Crippen molar-refractivity contribution in [2.75, 3.05) is 17.1 Å². The van der Waals surface area contributed by atoms with Crippen LogP contribution in [0.4, 0.5) is 17.3 Å². The van der Waals surface area contributed by atoms with Gasteiger partial charge in [-0.3, -0.25) is 4.79 Å². The van der Waals surface area contributed by atoms with Crippen LogP contribution in [0, 0.1) is 0 Å². The van der Waals surface area contributed by atoms with Gasteiger partial charge in [0.05, 0.1) is 28.9 Å². The van der Waals surface area contributed by atoms with Crippen LogP contribution in [-0.2, 0) is 0 Å². The second kappa shape index (κ2) is 9.11. The van der Waals surface area contributed by atoms with E-state index in [-0.39, 0.29) is 0 Å². The minimum Gasteiger partial charge on any atom is -0.497 e. The summed E-state index contributed by atoms with van der Waals surface area (Å²) < 4.78 is 8.50. The summed E-state index contributed by atoms with van der Waals surface area (Å²) in [7, 11) is 1.59. The number of nitrogens with one attached hydrogen (secondary N) is 2. The minimum absolute atomic E-state index is 0.429. The van der Waals surface area contributed by atoms with Crippen LogP contribution in [0.2, 0.25) is 5.02 Å². The Kier molecular flexibility index (Phi) is 6.11. The quantitative estimate of drug-likeness (QED) is 0.329. The average molecular weight is 452 g/mol. The Hall–Kier alpha value is -3.49. The Morgan fingerprint density at radius 2 is 1.74 bits per heavy atom. The molecule has 1 aromatic heterocycles. The highest BCUT2D eigenvalue weighted by Gasteiger charge is 2.13. The maximum atomic E-state index is 11.5. The molecule has 0 atom stereocenters. The fourth-order valence-corrected chi connectivity index (χ4v) is 3.69. The van der Waals surface area contributed by atoms with Gasteiger partial charge in [-0.2, -0.15) is 0 Å². The first kappa shape index (κ1) is 20.8. The SMILES string of the molecule is COc1ccc(Cl)c(Nc2nc3ccccc3nc2NSc2cccc(C(N)=O)c2)c1. The number of nitrogens with two attached hydrogens (primary N) is 1. The second-order valence-electron chi connectivity index (χ2n) is 6.48. The molecule has 0 aliphatic heterocycles. The van der Waals surface area contributed by atoms with Gasteiger partial charge in [0.15, 0.2) is 11.6 Å². The summed E-state index contributed by atoms with van der Waals surface area (Å²) in [6.45, 7) is 0. The molecule has 4 N–H and O–H groups in total. The molecule has 0 radical (unpaired) electrons. The molecule has 3 aromatic carbocycles. The average Bonchev–Trinajstić information content (AvgIpc) is 2.79. The zero-order valence-electron chi connectivity index (χ0n) is 16.4. The lowest BCUT2D eigenvalue weighted by molar-refractivity contribution is 0.1000. The van der Waals surface area contributed by atoms with Crippen molar-refractivity contribution in [2.24, 2.45) is 5.73 Å².